The van der Waals surface area contributed by atoms with Gasteiger partial charge in [0.25, 0.3) is 10.1 Å². The zero-order chi connectivity index (χ0) is 21.8. The van der Waals surface area contributed by atoms with Crippen molar-refractivity contribution < 1.29 is 26.9 Å². The molecule has 176 valence electrons. The van der Waals surface area contributed by atoms with E-state index in [0.717, 1.165) is 30.7 Å². The fraction of sp³-hybridized carbons (Fsp3) is 1.00. The van der Waals surface area contributed by atoms with Crippen LogP contribution in [0.1, 0.15) is 84.5 Å². The highest BCUT2D eigenvalue weighted by molar-refractivity contribution is 7.85. The van der Waals surface area contributed by atoms with Crippen molar-refractivity contribution in [1.82, 2.24) is 0 Å². The predicted molar refractivity (Wildman–Crippen MR) is 121 cm³/mol. The highest BCUT2D eigenvalue weighted by atomic mass is 32.2. The van der Waals surface area contributed by atoms with Crippen LogP contribution in [0.2, 0.25) is 0 Å². The maximum atomic E-state index is 11.2. The van der Waals surface area contributed by atoms with Crippen molar-refractivity contribution in [2.45, 2.75) is 84.5 Å². The Bertz CT molecular complexity index is 420. The van der Waals surface area contributed by atoms with Crippen molar-refractivity contribution in [3.8, 4) is 0 Å². The van der Waals surface area contributed by atoms with Crippen molar-refractivity contribution in [2.24, 2.45) is 0 Å². The molecule has 0 radical (unpaired) electrons. The molecule has 0 amide bonds. The molecule has 0 aromatic heterocycles. The summed E-state index contributed by atoms with van der Waals surface area (Å²) in [5.74, 6) is -0.150. The molecule has 0 fully saturated rings. The third-order valence-electron chi connectivity index (χ3n) is 5.65. The quantitative estimate of drug-likeness (QED) is 0.151. The van der Waals surface area contributed by atoms with Gasteiger partial charge in [0.15, 0.2) is 0 Å². The van der Waals surface area contributed by atoms with Crippen LogP contribution < -0.4 is 0 Å². The first-order valence-corrected chi connectivity index (χ1v) is 13.4. The number of hydrogen-bond donors (Lipinski definition) is 1. The topological polar surface area (TPSA) is 72.8 Å². The Balaban J connectivity index is 4.86. The SMILES string of the molecule is CCCCCCC[N+](CCCCCCC)(CCCS(=O)(=O)O)CCOCCOC. The van der Waals surface area contributed by atoms with Gasteiger partial charge in [-0.1, -0.05) is 52.4 Å². The molecule has 0 spiro atoms. The summed E-state index contributed by atoms with van der Waals surface area (Å²) in [6.07, 6.45) is 12.8. The average Bonchev–Trinajstić information content (AvgIpc) is 2.66. The molecule has 0 bridgehead atoms. The Kier molecular flexibility index (Phi) is 18.4. The minimum atomic E-state index is -3.90. The lowest BCUT2D eigenvalue weighted by atomic mass is 10.1. The lowest BCUT2D eigenvalue weighted by Crippen LogP contribution is -2.52. The smallest absolute Gasteiger partial charge is 0.265 e. The summed E-state index contributed by atoms with van der Waals surface area (Å²) in [5, 5.41) is 0. The van der Waals surface area contributed by atoms with Crippen LogP contribution in [0.25, 0.3) is 0 Å². The zero-order valence-corrected chi connectivity index (χ0v) is 20.2. The van der Waals surface area contributed by atoms with E-state index in [2.05, 4.69) is 13.8 Å². The van der Waals surface area contributed by atoms with Crippen molar-refractivity contribution >= 4 is 10.1 Å². The molecule has 0 unspecified atom stereocenters. The van der Waals surface area contributed by atoms with E-state index in [-0.39, 0.29) is 5.75 Å². The predicted octanol–water partition coefficient (Wildman–Crippen LogP) is 4.68. The van der Waals surface area contributed by atoms with Gasteiger partial charge in [-0.2, -0.15) is 8.42 Å². The number of hydrogen-bond acceptors (Lipinski definition) is 4. The molecule has 0 heterocycles. The van der Waals surface area contributed by atoms with Crippen molar-refractivity contribution in [1.29, 1.82) is 0 Å². The molecule has 0 saturated heterocycles. The zero-order valence-electron chi connectivity index (χ0n) is 19.4. The van der Waals surface area contributed by atoms with Gasteiger partial charge in [0.05, 0.1) is 45.2 Å². The Hall–Kier alpha value is -0.210. The van der Waals surface area contributed by atoms with Gasteiger partial charge in [0, 0.05) is 13.5 Å². The van der Waals surface area contributed by atoms with E-state index in [9.17, 15) is 8.42 Å². The number of nitrogens with zero attached hydrogens (tertiary/aromatic N) is 1. The molecule has 7 heteroatoms. The monoisotopic (exact) mass is 438 g/mol. The number of unbranched alkanes of at least 4 members (excludes halogenated alkanes) is 8. The summed E-state index contributed by atoms with van der Waals surface area (Å²) in [7, 11) is -2.23. The van der Waals surface area contributed by atoms with Crippen LogP contribution >= 0.6 is 0 Å². The lowest BCUT2D eigenvalue weighted by molar-refractivity contribution is -0.929. The largest absolute Gasteiger partial charge is 0.382 e. The summed E-state index contributed by atoms with van der Waals surface area (Å²) >= 11 is 0. The first-order valence-electron chi connectivity index (χ1n) is 11.8. The molecule has 1 N–H and O–H groups in total. The fourth-order valence-electron chi connectivity index (χ4n) is 3.86. The minimum absolute atomic E-state index is 0.150. The van der Waals surface area contributed by atoms with Gasteiger partial charge in [-0.25, -0.2) is 0 Å². The third-order valence-corrected chi connectivity index (χ3v) is 6.45. The fourth-order valence-corrected chi connectivity index (χ4v) is 4.35. The van der Waals surface area contributed by atoms with Crippen LogP contribution in [0.5, 0.6) is 0 Å². The Morgan fingerprint density at radius 2 is 1.21 bits per heavy atom. The van der Waals surface area contributed by atoms with Gasteiger partial charge < -0.3 is 14.0 Å². The average molecular weight is 439 g/mol. The Morgan fingerprint density at radius 1 is 0.690 bits per heavy atom. The molecule has 0 aromatic carbocycles. The molecule has 0 atom stereocenters. The van der Waals surface area contributed by atoms with Crippen LogP contribution in [0.15, 0.2) is 0 Å². The van der Waals surface area contributed by atoms with Gasteiger partial charge in [-0.15, -0.1) is 0 Å². The molecule has 0 aromatic rings. The van der Waals surface area contributed by atoms with Crippen molar-refractivity contribution in [3.63, 3.8) is 0 Å². The van der Waals surface area contributed by atoms with E-state index in [1.54, 1.807) is 7.11 Å². The summed E-state index contributed by atoms with van der Waals surface area (Å²) in [6.45, 7) is 10.1. The molecule has 29 heavy (non-hydrogen) atoms. The highest BCUT2D eigenvalue weighted by Crippen LogP contribution is 2.17. The number of methoxy groups -OCH3 is 1. The van der Waals surface area contributed by atoms with Crippen LogP contribution in [0, 0.1) is 0 Å². The first-order chi connectivity index (χ1) is 13.9. The molecule has 0 aliphatic carbocycles. The van der Waals surface area contributed by atoms with Crippen LogP contribution in [-0.2, 0) is 19.6 Å². The summed E-state index contributed by atoms with van der Waals surface area (Å²) in [5.41, 5.74) is 0. The van der Waals surface area contributed by atoms with Gasteiger partial charge in [-0.3, -0.25) is 4.55 Å². The Morgan fingerprint density at radius 3 is 1.69 bits per heavy atom. The van der Waals surface area contributed by atoms with E-state index in [1.165, 1.54) is 64.2 Å². The molecule has 0 aliphatic heterocycles. The van der Waals surface area contributed by atoms with E-state index in [1.807, 2.05) is 0 Å². The van der Waals surface area contributed by atoms with Gasteiger partial charge in [0.2, 0.25) is 0 Å². The third kappa shape index (κ3) is 18.3. The minimum Gasteiger partial charge on any atom is -0.382 e. The van der Waals surface area contributed by atoms with Gasteiger partial charge in [0.1, 0.15) is 6.54 Å². The maximum Gasteiger partial charge on any atom is 0.265 e. The van der Waals surface area contributed by atoms with Crippen molar-refractivity contribution in [3.05, 3.63) is 0 Å². The molecule has 0 aliphatic rings. The molecular weight excluding hydrogens is 390 g/mol. The van der Waals surface area contributed by atoms with Crippen molar-refractivity contribution in [2.75, 3.05) is 58.9 Å². The van der Waals surface area contributed by atoms with E-state index >= 15 is 0 Å². The van der Waals surface area contributed by atoms with Gasteiger partial charge >= 0.3 is 0 Å². The van der Waals surface area contributed by atoms with Crippen LogP contribution in [0.3, 0.4) is 0 Å². The summed E-state index contributed by atoms with van der Waals surface area (Å²) < 4.78 is 43.3. The molecule has 0 rings (SSSR count). The Labute approximate surface area is 180 Å². The van der Waals surface area contributed by atoms with Gasteiger partial charge in [-0.05, 0) is 25.7 Å². The first kappa shape index (κ1) is 28.8. The van der Waals surface area contributed by atoms with E-state index in [0.29, 0.717) is 26.2 Å². The summed E-state index contributed by atoms with van der Waals surface area (Å²) in [6, 6.07) is 0. The second-order valence-corrected chi connectivity index (χ2v) is 9.88. The molecule has 6 nitrogen and oxygen atoms in total. The number of quaternary nitrogens is 1. The maximum absolute atomic E-state index is 11.2. The summed E-state index contributed by atoms with van der Waals surface area (Å²) in [4.78, 5) is 0. The van der Waals surface area contributed by atoms with E-state index in [4.69, 9.17) is 14.0 Å². The normalized spacial score (nSPS) is 12.6. The van der Waals surface area contributed by atoms with Crippen LogP contribution in [-0.4, -0.2) is 76.3 Å². The standard InChI is InChI=1S/C22H47NO5S/c1-4-6-8-10-12-15-23(16-13-11-9-7-5-2,17-14-22-29(24,25)26)18-19-28-21-20-27-3/h4-22H2,1-3H3/p+1. The van der Waals surface area contributed by atoms with Crippen LogP contribution in [0.4, 0.5) is 0 Å². The molecule has 0 saturated carbocycles. The second-order valence-electron chi connectivity index (χ2n) is 8.31. The van der Waals surface area contributed by atoms with E-state index < -0.39 is 10.1 Å². The number of ether oxygens (including phenoxy) is 2. The molecular formula is C22H48NO5S+. The highest BCUT2D eigenvalue weighted by Gasteiger charge is 2.27. The second kappa shape index (κ2) is 18.6. The lowest BCUT2D eigenvalue weighted by Gasteiger charge is -2.39. The number of rotatable bonds is 22.